The number of imidazole rings is 1. The number of amidine groups is 1. The first-order valence-corrected chi connectivity index (χ1v) is 8.52. The van der Waals surface area contributed by atoms with Gasteiger partial charge in [0.2, 0.25) is 0 Å². The molecular weight excluding hydrogens is 302 g/mol. The number of pyridine rings is 1. The lowest BCUT2D eigenvalue weighted by Crippen LogP contribution is -2.35. The second kappa shape index (κ2) is 5.19. The van der Waals surface area contributed by atoms with Gasteiger partial charge in [-0.3, -0.25) is 19.1 Å². The first kappa shape index (κ1) is 13.8. The minimum atomic E-state index is 0.0446. The number of nitrogens with zero attached hydrogens (tertiary/aromatic N) is 4. The average molecular weight is 321 g/mol. The summed E-state index contributed by atoms with van der Waals surface area (Å²) >= 11 is 0. The Morgan fingerprint density at radius 1 is 1.21 bits per heavy atom. The number of rotatable bonds is 3. The first-order chi connectivity index (χ1) is 11.8. The van der Waals surface area contributed by atoms with Crippen LogP contribution in [0.15, 0.2) is 52.6 Å². The lowest BCUT2D eigenvalue weighted by atomic mass is 10.1. The van der Waals surface area contributed by atoms with E-state index in [1.807, 2.05) is 10.6 Å². The van der Waals surface area contributed by atoms with Gasteiger partial charge < -0.3 is 5.32 Å². The Bertz CT molecular complexity index is 944. The van der Waals surface area contributed by atoms with Crippen LogP contribution in [0.25, 0.3) is 11.0 Å². The summed E-state index contributed by atoms with van der Waals surface area (Å²) in [5, 5.41) is 3.45. The van der Waals surface area contributed by atoms with Gasteiger partial charge in [-0.25, -0.2) is 4.79 Å². The Morgan fingerprint density at radius 3 is 2.96 bits per heavy atom. The highest BCUT2D eigenvalue weighted by molar-refractivity contribution is 5.87. The summed E-state index contributed by atoms with van der Waals surface area (Å²) in [6.07, 6.45) is 15.3. The van der Waals surface area contributed by atoms with E-state index in [-0.39, 0.29) is 17.8 Å². The third-order valence-electron chi connectivity index (χ3n) is 4.94. The minimum absolute atomic E-state index is 0.0446. The smallest absolute Gasteiger partial charge is 0.329 e. The SMILES string of the molecule is O=c1n(CC2=NC3C=CCC=CC3N2)c2cnccc2n1C1CC1. The van der Waals surface area contributed by atoms with Crippen LogP contribution in [0.4, 0.5) is 0 Å². The summed E-state index contributed by atoms with van der Waals surface area (Å²) in [6.45, 7) is 0.468. The van der Waals surface area contributed by atoms with Crippen LogP contribution in [-0.4, -0.2) is 32.0 Å². The van der Waals surface area contributed by atoms with Crippen LogP contribution in [0.1, 0.15) is 25.3 Å². The molecule has 1 aliphatic heterocycles. The summed E-state index contributed by atoms with van der Waals surface area (Å²) in [6, 6.07) is 2.61. The predicted octanol–water partition coefficient (Wildman–Crippen LogP) is 1.79. The number of nitrogens with one attached hydrogen (secondary N) is 1. The van der Waals surface area contributed by atoms with E-state index in [4.69, 9.17) is 4.99 Å². The summed E-state index contributed by atoms with van der Waals surface area (Å²) in [5.41, 5.74) is 1.91. The van der Waals surface area contributed by atoms with E-state index < -0.39 is 0 Å². The molecule has 3 heterocycles. The van der Waals surface area contributed by atoms with Gasteiger partial charge in [0.05, 0.1) is 35.9 Å². The lowest BCUT2D eigenvalue weighted by molar-refractivity contribution is 0.675. The van der Waals surface area contributed by atoms with E-state index in [0.717, 1.165) is 36.1 Å². The van der Waals surface area contributed by atoms with Gasteiger partial charge in [-0.05, 0) is 25.3 Å². The zero-order valence-electron chi connectivity index (χ0n) is 13.3. The molecule has 2 aliphatic carbocycles. The Balaban J connectivity index is 1.54. The summed E-state index contributed by atoms with van der Waals surface area (Å²) < 4.78 is 3.72. The molecule has 0 aromatic carbocycles. The van der Waals surface area contributed by atoms with Crippen molar-refractivity contribution in [1.82, 2.24) is 19.4 Å². The van der Waals surface area contributed by atoms with Gasteiger partial charge in [0.15, 0.2) is 0 Å². The largest absolute Gasteiger partial charge is 0.364 e. The van der Waals surface area contributed by atoms with Gasteiger partial charge in [0.1, 0.15) is 5.84 Å². The normalized spacial score (nSPS) is 25.4. The maximum atomic E-state index is 12.9. The highest BCUT2D eigenvalue weighted by Crippen LogP contribution is 2.35. The van der Waals surface area contributed by atoms with Crippen molar-refractivity contribution in [2.24, 2.45) is 4.99 Å². The third-order valence-corrected chi connectivity index (χ3v) is 4.94. The lowest BCUT2D eigenvalue weighted by Gasteiger charge is -2.10. The van der Waals surface area contributed by atoms with E-state index in [1.165, 1.54) is 0 Å². The van der Waals surface area contributed by atoms with Crippen LogP contribution in [0.5, 0.6) is 0 Å². The Hall–Kier alpha value is -2.63. The third kappa shape index (κ3) is 2.13. The molecule has 0 radical (unpaired) electrons. The molecule has 0 saturated heterocycles. The van der Waals surface area contributed by atoms with Crippen LogP contribution in [0.3, 0.4) is 0 Å². The fourth-order valence-electron chi connectivity index (χ4n) is 3.62. The summed E-state index contributed by atoms with van der Waals surface area (Å²) in [7, 11) is 0. The summed E-state index contributed by atoms with van der Waals surface area (Å²) in [4.78, 5) is 21.9. The highest BCUT2D eigenvalue weighted by atomic mass is 16.1. The molecule has 6 nitrogen and oxygen atoms in total. The van der Waals surface area contributed by atoms with Crippen LogP contribution < -0.4 is 11.0 Å². The molecule has 1 fully saturated rings. The molecule has 3 aliphatic rings. The van der Waals surface area contributed by atoms with Crippen LogP contribution in [0.2, 0.25) is 0 Å². The van der Waals surface area contributed by atoms with Crippen molar-refractivity contribution in [1.29, 1.82) is 0 Å². The van der Waals surface area contributed by atoms with E-state index in [9.17, 15) is 4.79 Å². The molecule has 2 aromatic rings. The van der Waals surface area contributed by atoms with Gasteiger partial charge >= 0.3 is 5.69 Å². The fourth-order valence-corrected chi connectivity index (χ4v) is 3.62. The molecule has 2 unspecified atom stereocenters. The number of aliphatic imine (C=N–C) groups is 1. The van der Waals surface area contributed by atoms with Crippen LogP contribution in [-0.2, 0) is 6.54 Å². The van der Waals surface area contributed by atoms with Crippen molar-refractivity contribution < 1.29 is 0 Å². The van der Waals surface area contributed by atoms with Gasteiger partial charge in [-0.15, -0.1) is 0 Å². The number of hydrogen-bond acceptors (Lipinski definition) is 4. The number of aromatic nitrogens is 3. The second-order valence-corrected chi connectivity index (χ2v) is 6.66. The molecule has 0 amide bonds. The monoisotopic (exact) mass is 321 g/mol. The van der Waals surface area contributed by atoms with Crippen molar-refractivity contribution in [3.05, 3.63) is 53.2 Å². The first-order valence-electron chi connectivity index (χ1n) is 8.52. The highest BCUT2D eigenvalue weighted by Gasteiger charge is 2.30. The zero-order chi connectivity index (χ0) is 16.1. The van der Waals surface area contributed by atoms with Gasteiger partial charge in [0.25, 0.3) is 0 Å². The van der Waals surface area contributed by atoms with Crippen molar-refractivity contribution in [3.63, 3.8) is 0 Å². The molecule has 24 heavy (non-hydrogen) atoms. The molecule has 122 valence electrons. The van der Waals surface area contributed by atoms with Gasteiger partial charge in [-0.1, -0.05) is 24.3 Å². The molecule has 6 heteroatoms. The van der Waals surface area contributed by atoms with Crippen LogP contribution in [0, 0.1) is 0 Å². The molecule has 2 aromatic heterocycles. The van der Waals surface area contributed by atoms with Crippen molar-refractivity contribution in [2.75, 3.05) is 0 Å². The zero-order valence-corrected chi connectivity index (χ0v) is 13.3. The number of hydrogen-bond donors (Lipinski definition) is 1. The fraction of sp³-hybridized carbons (Fsp3) is 0.389. The molecule has 2 atom stereocenters. The Kier molecular flexibility index (Phi) is 2.98. The average Bonchev–Trinajstić information content (AvgIpc) is 3.34. The van der Waals surface area contributed by atoms with Gasteiger partial charge in [-0.2, -0.15) is 0 Å². The molecule has 5 rings (SSSR count). The maximum absolute atomic E-state index is 12.9. The van der Waals surface area contributed by atoms with Crippen molar-refractivity contribution >= 4 is 16.9 Å². The minimum Gasteiger partial charge on any atom is -0.364 e. The summed E-state index contributed by atoms with van der Waals surface area (Å²) in [5.74, 6) is 0.863. The van der Waals surface area contributed by atoms with E-state index in [1.54, 1.807) is 17.0 Å². The van der Waals surface area contributed by atoms with Crippen molar-refractivity contribution in [2.45, 2.75) is 43.9 Å². The molecular formula is C18H19N5O. The number of allylic oxidation sites excluding steroid dienone is 2. The molecule has 1 N–H and O–H groups in total. The second-order valence-electron chi connectivity index (χ2n) is 6.66. The number of fused-ring (bicyclic) bond motifs is 2. The quantitative estimate of drug-likeness (QED) is 0.877. The molecule has 0 spiro atoms. The van der Waals surface area contributed by atoms with Gasteiger partial charge in [0, 0.05) is 12.2 Å². The molecule has 0 bridgehead atoms. The predicted molar refractivity (Wildman–Crippen MR) is 93.3 cm³/mol. The van der Waals surface area contributed by atoms with E-state index in [2.05, 4.69) is 34.6 Å². The van der Waals surface area contributed by atoms with Crippen LogP contribution >= 0.6 is 0 Å². The molecule has 1 saturated carbocycles. The Morgan fingerprint density at radius 2 is 2.08 bits per heavy atom. The Labute approximate surface area is 139 Å². The van der Waals surface area contributed by atoms with Crippen molar-refractivity contribution in [3.8, 4) is 0 Å². The van der Waals surface area contributed by atoms with E-state index >= 15 is 0 Å². The topological polar surface area (TPSA) is 64.2 Å². The standard InChI is InChI=1S/C18H19N5O/c24-18-22(11-17-20-13-4-2-1-3-5-14(13)21-17)16-10-19-9-8-15(16)23(18)12-6-7-12/h2-5,8-10,12-14H,1,6-7,11H2,(H,20,21). The maximum Gasteiger partial charge on any atom is 0.329 e. The van der Waals surface area contributed by atoms with E-state index in [0.29, 0.717) is 12.6 Å².